The fourth-order valence-corrected chi connectivity index (χ4v) is 1.30. The summed E-state index contributed by atoms with van der Waals surface area (Å²) in [5.74, 6) is -1.70. The number of carboxylic acids is 1. The Morgan fingerprint density at radius 3 is 2.56 bits per heavy atom. The van der Waals surface area contributed by atoms with Crippen LogP contribution in [0.1, 0.15) is 18.6 Å². The van der Waals surface area contributed by atoms with E-state index in [1.165, 1.54) is 6.07 Å². The first-order chi connectivity index (χ1) is 8.45. The third-order valence-corrected chi connectivity index (χ3v) is 2.03. The molecule has 1 atom stereocenters. The van der Waals surface area contributed by atoms with E-state index in [2.05, 4.69) is 4.74 Å². The Balaban J connectivity index is 3.05. The minimum atomic E-state index is -3.01. The average molecular weight is 262 g/mol. The van der Waals surface area contributed by atoms with Gasteiger partial charge in [-0.05, 0) is 24.6 Å². The first kappa shape index (κ1) is 14.2. The molecule has 18 heavy (non-hydrogen) atoms. The maximum Gasteiger partial charge on any atom is 0.387 e. The molecule has 1 rings (SSSR count). The first-order valence-electron chi connectivity index (χ1n) is 5.08. The largest absolute Gasteiger partial charge is 0.490 e. The topological polar surface area (TPSA) is 76.0 Å². The molecule has 1 unspecified atom stereocenters. The minimum absolute atomic E-state index is 0.0209. The second-order valence-electron chi connectivity index (χ2n) is 3.26. The Bertz CT molecular complexity index is 422. The van der Waals surface area contributed by atoms with Gasteiger partial charge in [0.25, 0.3) is 0 Å². The number of ether oxygens (including phenoxy) is 2. The number of carboxylic acid groups (broad SMARTS) is 1. The minimum Gasteiger partial charge on any atom is -0.490 e. The highest BCUT2D eigenvalue weighted by Crippen LogP contribution is 2.31. The molecular weight excluding hydrogens is 250 g/mol. The van der Waals surface area contributed by atoms with Crippen LogP contribution in [-0.4, -0.2) is 29.4 Å². The van der Waals surface area contributed by atoms with Crippen molar-refractivity contribution < 1.29 is 33.3 Å². The van der Waals surface area contributed by atoms with Gasteiger partial charge >= 0.3 is 12.6 Å². The Hall–Kier alpha value is -1.89. The van der Waals surface area contributed by atoms with E-state index in [0.29, 0.717) is 0 Å². The Morgan fingerprint density at radius 2 is 2.06 bits per heavy atom. The molecule has 0 fully saturated rings. The van der Waals surface area contributed by atoms with E-state index in [-0.39, 0.29) is 23.7 Å². The van der Waals surface area contributed by atoms with E-state index >= 15 is 0 Å². The SMILES string of the molecule is CCOc1cc(C(O)C(=O)O)ccc1OC(F)F. The first-order valence-corrected chi connectivity index (χ1v) is 5.08. The van der Waals surface area contributed by atoms with Gasteiger partial charge in [0.15, 0.2) is 17.6 Å². The molecule has 0 aliphatic carbocycles. The molecule has 7 heteroatoms. The summed E-state index contributed by atoms with van der Waals surface area (Å²) in [7, 11) is 0. The second-order valence-corrected chi connectivity index (χ2v) is 3.26. The molecule has 1 aromatic rings. The van der Waals surface area contributed by atoms with Gasteiger partial charge in [0, 0.05) is 0 Å². The van der Waals surface area contributed by atoms with E-state index < -0.39 is 18.7 Å². The van der Waals surface area contributed by atoms with Crippen molar-refractivity contribution in [2.45, 2.75) is 19.6 Å². The van der Waals surface area contributed by atoms with E-state index in [9.17, 15) is 18.7 Å². The number of carbonyl (C=O) groups is 1. The lowest BCUT2D eigenvalue weighted by atomic mass is 10.1. The van der Waals surface area contributed by atoms with Gasteiger partial charge in [-0.25, -0.2) is 4.79 Å². The number of hydrogen-bond acceptors (Lipinski definition) is 4. The van der Waals surface area contributed by atoms with Gasteiger partial charge in [0.1, 0.15) is 0 Å². The summed E-state index contributed by atoms with van der Waals surface area (Å²) < 4.78 is 33.5. The predicted molar refractivity (Wildman–Crippen MR) is 56.8 cm³/mol. The molecule has 5 nitrogen and oxygen atoms in total. The molecule has 0 bridgehead atoms. The van der Waals surface area contributed by atoms with Crippen molar-refractivity contribution in [2.24, 2.45) is 0 Å². The summed E-state index contributed by atoms with van der Waals surface area (Å²) in [6.07, 6.45) is -1.75. The van der Waals surface area contributed by atoms with Crippen molar-refractivity contribution in [1.29, 1.82) is 0 Å². The second kappa shape index (κ2) is 6.15. The van der Waals surface area contributed by atoms with Crippen LogP contribution >= 0.6 is 0 Å². The smallest absolute Gasteiger partial charge is 0.387 e. The molecule has 0 heterocycles. The van der Waals surface area contributed by atoms with E-state index in [1.807, 2.05) is 0 Å². The molecule has 0 radical (unpaired) electrons. The fraction of sp³-hybridized carbons (Fsp3) is 0.364. The number of aliphatic hydroxyl groups excluding tert-OH is 1. The lowest BCUT2D eigenvalue weighted by molar-refractivity contribution is -0.146. The van der Waals surface area contributed by atoms with Gasteiger partial charge in [0.2, 0.25) is 0 Å². The number of aliphatic hydroxyl groups is 1. The Morgan fingerprint density at radius 1 is 1.39 bits per heavy atom. The van der Waals surface area contributed by atoms with Crippen molar-refractivity contribution >= 4 is 5.97 Å². The third kappa shape index (κ3) is 3.56. The molecule has 0 saturated carbocycles. The number of benzene rings is 1. The highest BCUT2D eigenvalue weighted by Gasteiger charge is 2.19. The molecule has 0 aliphatic rings. The molecule has 1 aromatic carbocycles. The lowest BCUT2D eigenvalue weighted by Crippen LogP contribution is -2.11. The van der Waals surface area contributed by atoms with E-state index in [1.54, 1.807) is 6.92 Å². The number of halogens is 2. The van der Waals surface area contributed by atoms with Gasteiger partial charge in [-0.1, -0.05) is 6.07 Å². The average Bonchev–Trinajstić information content (AvgIpc) is 2.30. The van der Waals surface area contributed by atoms with E-state index in [4.69, 9.17) is 9.84 Å². The normalized spacial score (nSPS) is 12.3. The van der Waals surface area contributed by atoms with Crippen LogP contribution in [0.5, 0.6) is 11.5 Å². The fourth-order valence-electron chi connectivity index (χ4n) is 1.30. The quantitative estimate of drug-likeness (QED) is 0.817. The Labute approximate surface area is 102 Å². The van der Waals surface area contributed by atoms with Crippen LogP contribution in [0.25, 0.3) is 0 Å². The maximum atomic E-state index is 12.1. The van der Waals surface area contributed by atoms with Crippen molar-refractivity contribution in [2.75, 3.05) is 6.61 Å². The lowest BCUT2D eigenvalue weighted by Gasteiger charge is -2.13. The summed E-state index contributed by atoms with van der Waals surface area (Å²) in [5.41, 5.74) is 0.0209. The number of aliphatic carboxylic acids is 1. The summed E-state index contributed by atoms with van der Waals surface area (Å²) in [5, 5.41) is 17.9. The van der Waals surface area contributed by atoms with E-state index in [0.717, 1.165) is 12.1 Å². The summed E-state index contributed by atoms with van der Waals surface area (Å²) in [4.78, 5) is 10.6. The Kier molecular flexibility index (Phi) is 4.85. The van der Waals surface area contributed by atoms with Crippen LogP contribution in [0.3, 0.4) is 0 Å². The molecule has 0 aliphatic heterocycles. The van der Waals surface area contributed by atoms with Gasteiger partial charge in [0.05, 0.1) is 6.61 Å². The van der Waals surface area contributed by atoms with Crippen LogP contribution in [-0.2, 0) is 4.79 Å². The van der Waals surface area contributed by atoms with Gasteiger partial charge in [-0.15, -0.1) is 0 Å². The molecule has 0 saturated heterocycles. The standard InChI is InChI=1S/C11H12F2O5/c1-2-17-8-5-6(9(14)10(15)16)3-4-7(8)18-11(12)13/h3-5,9,11,14H,2H2,1H3,(H,15,16). The van der Waals surface area contributed by atoms with Crippen LogP contribution in [0.4, 0.5) is 8.78 Å². The molecule has 0 aromatic heterocycles. The number of alkyl halides is 2. The molecule has 0 amide bonds. The van der Waals surface area contributed by atoms with Gasteiger partial charge in [-0.2, -0.15) is 8.78 Å². The van der Waals surface area contributed by atoms with Crippen molar-refractivity contribution in [3.05, 3.63) is 23.8 Å². The zero-order valence-corrected chi connectivity index (χ0v) is 9.47. The van der Waals surface area contributed by atoms with Gasteiger partial charge in [-0.3, -0.25) is 0 Å². The van der Waals surface area contributed by atoms with Crippen LogP contribution < -0.4 is 9.47 Å². The highest BCUT2D eigenvalue weighted by molar-refractivity contribution is 5.74. The van der Waals surface area contributed by atoms with Crippen LogP contribution in [0.2, 0.25) is 0 Å². The zero-order chi connectivity index (χ0) is 13.7. The molecule has 2 N–H and O–H groups in total. The summed E-state index contributed by atoms with van der Waals surface area (Å²) in [6.45, 7) is -1.20. The molecular formula is C11H12F2O5. The summed E-state index contributed by atoms with van der Waals surface area (Å²) in [6, 6.07) is 3.46. The van der Waals surface area contributed by atoms with Crippen molar-refractivity contribution in [3.63, 3.8) is 0 Å². The zero-order valence-electron chi connectivity index (χ0n) is 9.47. The highest BCUT2D eigenvalue weighted by atomic mass is 19.3. The van der Waals surface area contributed by atoms with Gasteiger partial charge < -0.3 is 19.7 Å². The maximum absolute atomic E-state index is 12.1. The van der Waals surface area contributed by atoms with Crippen LogP contribution in [0, 0.1) is 0 Å². The number of hydrogen-bond donors (Lipinski definition) is 2. The molecule has 0 spiro atoms. The monoisotopic (exact) mass is 262 g/mol. The number of rotatable bonds is 6. The summed E-state index contributed by atoms with van der Waals surface area (Å²) >= 11 is 0. The molecule has 100 valence electrons. The predicted octanol–water partition coefficient (Wildman–Crippen LogP) is 1.80. The third-order valence-electron chi connectivity index (χ3n) is 2.03. The van der Waals surface area contributed by atoms with Crippen molar-refractivity contribution in [3.8, 4) is 11.5 Å². The van der Waals surface area contributed by atoms with Crippen molar-refractivity contribution in [1.82, 2.24) is 0 Å². The van der Waals surface area contributed by atoms with Crippen LogP contribution in [0.15, 0.2) is 18.2 Å².